The molecule has 2 aliphatic rings. The van der Waals surface area contributed by atoms with Crippen LogP contribution in [0.25, 0.3) is 0 Å². The van der Waals surface area contributed by atoms with Crippen molar-refractivity contribution in [1.82, 2.24) is 8.61 Å². The summed E-state index contributed by atoms with van der Waals surface area (Å²) in [5, 5.41) is 20.7. The fraction of sp³-hybridized carbons (Fsp3) is 0.556. The average molecular weight is 675 g/mol. The second-order valence-corrected chi connectivity index (χ2v) is 17.7. The van der Waals surface area contributed by atoms with Crippen LogP contribution < -0.4 is 0 Å². The van der Waals surface area contributed by atoms with Crippen molar-refractivity contribution in [2.75, 3.05) is 13.1 Å². The first-order valence-electron chi connectivity index (χ1n) is 16.1. The molecule has 256 valence electrons. The van der Waals surface area contributed by atoms with Crippen molar-refractivity contribution in [2.24, 2.45) is 23.7 Å². The molecule has 2 fully saturated rings. The molecule has 0 saturated carbocycles. The van der Waals surface area contributed by atoms with Gasteiger partial charge in [0.25, 0.3) is 0 Å². The molecule has 46 heavy (non-hydrogen) atoms. The van der Waals surface area contributed by atoms with Crippen molar-refractivity contribution in [2.45, 2.75) is 102 Å². The molecule has 8 nitrogen and oxygen atoms in total. The molecule has 0 aliphatic carbocycles. The minimum Gasteiger partial charge on any atom is -0.392 e. The van der Waals surface area contributed by atoms with Crippen molar-refractivity contribution < 1.29 is 27.0 Å². The Labute approximate surface area is 277 Å². The first-order chi connectivity index (χ1) is 21.3. The zero-order valence-corrected chi connectivity index (χ0v) is 30.4. The molecule has 2 saturated heterocycles. The molecule has 2 N–H and O–H groups in total. The molecular formula is C36H54N2O6S2. The number of nitrogens with zero attached hydrogens (tertiary/aromatic N) is 2. The molecule has 2 aromatic carbocycles. The van der Waals surface area contributed by atoms with E-state index in [1.54, 1.807) is 32.9 Å². The van der Waals surface area contributed by atoms with Crippen LogP contribution in [-0.4, -0.2) is 73.0 Å². The van der Waals surface area contributed by atoms with Gasteiger partial charge in [0.2, 0.25) is 20.0 Å². The van der Waals surface area contributed by atoms with Gasteiger partial charge < -0.3 is 10.2 Å². The molecule has 0 spiro atoms. The van der Waals surface area contributed by atoms with Crippen molar-refractivity contribution in [1.29, 1.82) is 0 Å². The van der Waals surface area contributed by atoms with Gasteiger partial charge >= 0.3 is 0 Å². The Morgan fingerprint density at radius 3 is 1.17 bits per heavy atom. The fourth-order valence-corrected chi connectivity index (χ4v) is 9.97. The molecule has 10 heteroatoms. The molecule has 0 radical (unpaired) electrons. The third-order valence-electron chi connectivity index (χ3n) is 9.45. The Kier molecular flexibility index (Phi) is 12.6. The van der Waals surface area contributed by atoms with E-state index in [1.165, 1.54) is 0 Å². The maximum absolute atomic E-state index is 13.1. The van der Waals surface area contributed by atoms with Crippen LogP contribution in [0.3, 0.4) is 0 Å². The van der Waals surface area contributed by atoms with E-state index in [1.807, 2.05) is 79.7 Å². The summed E-state index contributed by atoms with van der Waals surface area (Å²) in [6.45, 7) is 24.0. The number of aryl methyl sites for hydroxylation is 2. The van der Waals surface area contributed by atoms with Gasteiger partial charge in [0, 0.05) is 37.0 Å². The third-order valence-corrected chi connectivity index (χ3v) is 13.3. The van der Waals surface area contributed by atoms with Crippen molar-refractivity contribution in [3.8, 4) is 0 Å². The maximum Gasteiger partial charge on any atom is 0.243 e. The van der Waals surface area contributed by atoms with E-state index in [9.17, 15) is 27.0 Å². The summed E-state index contributed by atoms with van der Waals surface area (Å²) in [5.41, 5.74) is 3.70. The topological polar surface area (TPSA) is 115 Å². The van der Waals surface area contributed by atoms with Crippen LogP contribution in [0.1, 0.15) is 65.5 Å². The number of hydrogen-bond donors (Lipinski definition) is 2. The number of aliphatic hydroxyl groups is 2. The smallest absolute Gasteiger partial charge is 0.243 e. The average Bonchev–Trinajstić information content (AvgIpc) is 2.97. The fourth-order valence-electron chi connectivity index (χ4n) is 6.38. The molecule has 0 amide bonds. The Balaban J connectivity index is 0.000000250. The standard InChI is InChI=1S/2C18H27NO3S/c2*1-12(2)16-11-19(17(13(3)4)10-18(16)20)23(21,22)15-8-6-14(5)7-9-15/h2*6-9,13,16-18,20H,1,10-11H2,2-5H3/t2*16-,17-,18-/m11/s1. The summed E-state index contributed by atoms with van der Waals surface area (Å²) in [6.07, 6.45) is -0.186. The van der Waals surface area contributed by atoms with Crippen molar-refractivity contribution in [3.63, 3.8) is 0 Å². The molecular weight excluding hydrogens is 621 g/mol. The van der Waals surface area contributed by atoms with Crippen LogP contribution in [0.2, 0.25) is 0 Å². The van der Waals surface area contributed by atoms with Gasteiger partial charge in [0.05, 0.1) is 22.0 Å². The Morgan fingerprint density at radius 2 is 0.935 bits per heavy atom. The maximum atomic E-state index is 13.1. The summed E-state index contributed by atoms with van der Waals surface area (Å²) in [4.78, 5) is 0.621. The van der Waals surface area contributed by atoms with Crippen LogP contribution in [0.5, 0.6) is 0 Å². The predicted octanol–water partition coefficient (Wildman–Crippen LogP) is 5.93. The minimum absolute atomic E-state index is 0.135. The number of hydrogen-bond acceptors (Lipinski definition) is 6. The SMILES string of the molecule is C=C(C)[C@H]1CN(S(=O)(=O)c2ccc(C)cc2)[C@@H](C(C)C)C[C@H]1O.C=C(C)[C@H]1CN(S(=O)(=O)c2ccc(C)cc2)[C@@H](C(C)C)C[C@H]1O. The van der Waals surface area contributed by atoms with E-state index in [-0.39, 0.29) is 48.8 Å². The monoisotopic (exact) mass is 674 g/mol. The van der Waals surface area contributed by atoms with E-state index >= 15 is 0 Å². The first-order valence-corrected chi connectivity index (χ1v) is 19.0. The Hall–Kier alpha value is -2.34. The van der Waals surface area contributed by atoms with Gasteiger partial charge in [-0.25, -0.2) is 16.8 Å². The summed E-state index contributed by atoms with van der Waals surface area (Å²) in [6, 6.07) is 13.5. The van der Waals surface area contributed by atoms with Gasteiger partial charge in [-0.1, -0.05) is 87.4 Å². The van der Waals surface area contributed by atoms with Gasteiger partial charge in [0.1, 0.15) is 0 Å². The van der Waals surface area contributed by atoms with Crippen LogP contribution >= 0.6 is 0 Å². The van der Waals surface area contributed by atoms with E-state index in [4.69, 9.17) is 0 Å². The number of aliphatic hydroxyl groups excluding tert-OH is 2. The molecule has 2 aliphatic heterocycles. The highest BCUT2D eigenvalue weighted by Crippen LogP contribution is 2.36. The number of piperidine rings is 2. The van der Waals surface area contributed by atoms with Crippen LogP contribution in [0, 0.1) is 37.5 Å². The normalized spacial score (nSPS) is 26.4. The Morgan fingerprint density at radius 1 is 0.652 bits per heavy atom. The highest BCUT2D eigenvalue weighted by molar-refractivity contribution is 7.89. The molecule has 0 aromatic heterocycles. The lowest BCUT2D eigenvalue weighted by Gasteiger charge is -2.43. The van der Waals surface area contributed by atoms with Gasteiger partial charge in [-0.2, -0.15) is 8.61 Å². The summed E-state index contributed by atoms with van der Waals surface area (Å²) in [5.74, 6) is -0.165. The van der Waals surface area contributed by atoms with E-state index in [2.05, 4.69) is 13.2 Å². The summed E-state index contributed by atoms with van der Waals surface area (Å²) < 4.78 is 55.5. The van der Waals surface area contributed by atoms with Crippen LogP contribution in [0.4, 0.5) is 0 Å². The van der Waals surface area contributed by atoms with Crippen molar-refractivity contribution >= 4 is 20.0 Å². The van der Waals surface area contributed by atoms with E-state index < -0.39 is 32.3 Å². The molecule has 2 heterocycles. The number of benzene rings is 2. The largest absolute Gasteiger partial charge is 0.392 e. The molecule has 6 atom stereocenters. The summed E-state index contributed by atoms with van der Waals surface area (Å²) in [7, 11) is -7.16. The number of sulfonamides is 2. The van der Waals surface area contributed by atoms with Gasteiger partial charge in [0.15, 0.2) is 0 Å². The van der Waals surface area contributed by atoms with Crippen LogP contribution in [-0.2, 0) is 20.0 Å². The lowest BCUT2D eigenvalue weighted by molar-refractivity contribution is 0.0288. The van der Waals surface area contributed by atoms with Gasteiger partial charge in [-0.05, 0) is 76.6 Å². The molecule has 4 rings (SSSR count). The van der Waals surface area contributed by atoms with Crippen molar-refractivity contribution in [3.05, 3.63) is 84.0 Å². The first kappa shape index (κ1) is 38.1. The zero-order valence-electron chi connectivity index (χ0n) is 28.7. The molecule has 2 aromatic rings. The Bertz CT molecular complexity index is 1450. The highest BCUT2D eigenvalue weighted by Gasteiger charge is 2.43. The van der Waals surface area contributed by atoms with Gasteiger partial charge in [-0.15, -0.1) is 0 Å². The third kappa shape index (κ3) is 8.57. The van der Waals surface area contributed by atoms with Crippen LogP contribution in [0.15, 0.2) is 82.6 Å². The molecule has 0 unspecified atom stereocenters. The predicted molar refractivity (Wildman–Crippen MR) is 185 cm³/mol. The number of rotatable bonds is 8. The minimum atomic E-state index is -3.58. The van der Waals surface area contributed by atoms with E-state index in [0.717, 1.165) is 22.3 Å². The van der Waals surface area contributed by atoms with E-state index in [0.29, 0.717) is 22.6 Å². The van der Waals surface area contributed by atoms with Gasteiger partial charge in [-0.3, -0.25) is 0 Å². The quantitative estimate of drug-likeness (QED) is 0.336. The zero-order chi connectivity index (χ0) is 34.7. The second kappa shape index (κ2) is 15.3. The highest BCUT2D eigenvalue weighted by atomic mass is 32.2. The lowest BCUT2D eigenvalue weighted by Crippen LogP contribution is -2.54. The summed E-state index contributed by atoms with van der Waals surface area (Å²) >= 11 is 0. The second-order valence-electron chi connectivity index (χ2n) is 13.9. The lowest BCUT2D eigenvalue weighted by atomic mass is 9.84. The molecule has 0 bridgehead atoms.